The highest BCUT2D eigenvalue weighted by atomic mass is 16.5. The lowest BCUT2D eigenvalue weighted by atomic mass is 9.99. The van der Waals surface area contributed by atoms with Gasteiger partial charge in [-0.15, -0.1) is 0 Å². The van der Waals surface area contributed by atoms with Gasteiger partial charge in [0, 0.05) is 37.4 Å². The lowest BCUT2D eigenvalue weighted by Gasteiger charge is -2.42. The van der Waals surface area contributed by atoms with E-state index in [0.29, 0.717) is 24.5 Å². The van der Waals surface area contributed by atoms with E-state index in [4.69, 9.17) is 10.5 Å². The molecule has 1 heterocycles. The van der Waals surface area contributed by atoms with E-state index in [0.717, 1.165) is 31.8 Å². The van der Waals surface area contributed by atoms with E-state index in [1.807, 2.05) is 6.07 Å². The van der Waals surface area contributed by atoms with Crippen LogP contribution in [0.2, 0.25) is 0 Å². The number of piperidine rings is 1. The van der Waals surface area contributed by atoms with E-state index < -0.39 is 0 Å². The fraction of sp³-hybridized carbons (Fsp3) is 0.586. The summed E-state index contributed by atoms with van der Waals surface area (Å²) in [4.78, 5) is 5.24. The molecule has 1 aliphatic heterocycles. The monoisotopic (exact) mass is 451 g/mol. The van der Waals surface area contributed by atoms with E-state index in [1.54, 1.807) is 0 Å². The molecule has 2 N–H and O–H groups in total. The number of hydrogen-bond donors (Lipinski definition) is 1. The third-order valence-electron chi connectivity index (χ3n) is 6.55. The van der Waals surface area contributed by atoms with Gasteiger partial charge in [0.05, 0.1) is 0 Å². The Balaban J connectivity index is 1.64. The Hall–Kier alpha value is -2.04. The van der Waals surface area contributed by atoms with Crippen LogP contribution in [-0.4, -0.2) is 43.2 Å². The van der Waals surface area contributed by atoms with E-state index in [-0.39, 0.29) is 6.04 Å². The molecule has 0 radical (unpaired) electrons. The molecular formula is C29H45N3O. The lowest BCUT2D eigenvalue weighted by Crippen LogP contribution is -2.51. The summed E-state index contributed by atoms with van der Waals surface area (Å²) in [6.45, 7) is 14.2. The highest BCUT2D eigenvalue weighted by Gasteiger charge is 2.26. The first-order chi connectivity index (χ1) is 15.9. The molecule has 0 aromatic heterocycles. The minimum atomic E-state index is 0.272. The van der Waals surface area contributed by atoms with Crippen LogP contribution >= 0.6 is 0 Å². The molecule has 1 unspecified atom stereocenters. The van der Waals surface area contributed by atoms with Gasteiger partial charge >= 0.3 is 0 Å². The first-order valence-corrected chi connectivity index (χ1v) is 12.9. The number of hydrogen-bond acceptors (Lipinski definition) is 4. The van der Waals surface area contributed by atoms with E-state index >= 15 is 0 Å². The first-order valence-electron chi connectivity index (χ1n) is 12.9. The van der Waals surface area contributed by atoms with Crippen molar-refractivity contribution >= 4 is 5.69 Å². The summed E-state index contributed by atoms with van der Waals surface area (Å²) in [6, 6.07) is 19.9. The zero-order chi connectivity index (χ0) is 23.6. The molecule has 2 aromatic carbocycles. The molecule has 3 rings (SSSR count). The summed E-state index contributed by atoms with van der Waals surface area (Å²) in [7, 11) is 0. The Labute approximate surface area is 202 Å². The maximum atomic E-state index is 6.45. The highest BCUT2D eigenvalue weighted by molar-refractivity contribution is 5.50. The van der Waals surface area contributed by atoms with Gasteiger partial charge in [0.1, 0.15) is 12.4 Å². The molecule has 182 valence electrons. The minimum Gasteiger partial charge on any atom is -0.489 e. The van der Waals surface area contributed by atoms with Gasteiger partial charge in [-0.05, 0) is 73.9 Å². The molecule has 0 aliphatic carbocycles. The molecule has 4 nitrogen and oxygen atoms in total. The molecule has 2 atom stereocenters. The third-order valence-corrected chi connectivity index (χ3v) is 6.55. The molecule has 1 fully saturated rings. The normalized spacial score (nSPS) is 18.0. The Bertz CT molecular complexity index is 790. The number of rotatable bonds is 12. The first kappa shape index (κ1) is 25.6. The summed E-state index contributed by atoms with van der Waals surface area (Å²) < 4.78 is 6.02. The van der Waals surface area contributed by atoms with Gasteiger partial charge in [0.2, 0.25) is 0 Å². The molecular weight excluding hydrogens is 406 g/mol. The van der Waals surface area contributed by atoms with Gasteiger partial charge in [-0.3, -0.25) is 4.90 Å². The number of ether oxygens (including phenoxy) is 1. The molecule has 0 saturated carbocycles. The number of anilines is 1. The van der Waals surface area contributed by atoms with Gasteiger partial charge in [-0.1, -0.05) is 58.0 Å². The van der Waals surface area contributed by atoms with Crippen molar-refractivity contribution in [2.45, 2.75) is 72.1 Å². The minimum absolute atomic E-state index is 0.272. The molecule has 4 heteroatoms. The van der Waals surface area contributed by atoms with E-state index in [9.17, 15) is 0 Å². The Kier molecular flexibility index (Phi) is 10.1. The molecule has 1 aliphatic rings. The van der Waals surface area contributed by atoms with Crippen molar-refractivity contribution in [1.29, 1.82) is 0 Å². The van der Waals surface area contributed by atoms with Crippen molar-refractivity contribution < 1.29 is 4.74 Å². The lowest BCUT2D eigenvalue weighted by molar-refractivity contribution is 0.187. The fourth-order valence-electron chi connectivity index (χ4n) is 4.86. The smallest absolute Gasteiger partial charge is 0.119 e. The topological polar surface area (TPSA) is 41.7 Å². The molecule has 2 aromatic rings. The SMILES string of the molecule is CC(C)CCN(c1ccc(OCc2ccccc2)cc1)[C@H]1CCCN(CC(N)CC(C)C)C1. The second kappa shape index (κ2) is 13.0. The van der Waals surface area contributed by atoms with Gasteiger partial charge in [-0.25, -0.2) is 0 Å². The van der Waals surface area contributed by atoms with Gasteiger partial charge in [0.25, 0.3) is 0 Å². The zero-order valence-electron chi connectivity index (χ0n) is 21.2. The second-order valence-corrected chi connectivity index (χ2v) is 10.6. The predicted molar refractivity (Wildman–Crippen MR) is 141 cm³/mol. The molecule has 0 spiro atoms. The van der Waals surface area contributed by atoms with Crippen LogP contribution in [0.4, 0.5) is 5.69 Å². The summed E-state index contributed by atoms with van der Waals surface area (Å²) in [6.07, 6.45) is 4.80. The van der Waals surface area contributed by atoms with Crippen LogP contribution in [0.25, 0.3) is 0 Å². The van der Waals surface area contributed by atoms with Crippen LogP contribution in [-0.2, 0) is 6.61 Å². The highest BCUT2D eigenvalue weighted by Crippen LogP contribution is 2.27. The number of benzene rings is 2. The molecule has 1 saturated heterocycles. The quantitative estimate of drug-likeness (QED) is 0.432. The summed E-state index contributed by atoms with van der Waals surface area (Å²) in [5, 5.41) is 0. The average Bonchev–Trinajstić information content (AvgIpc) is 2.79. The van der Waals surface area contributed by atoms with Gasteiger partial charge in [0.15, 0.2) is 0 Å². The Morgan fingerprint density at radius 2 is 1.73 bits per heavy atom. The average molecular weight is 452 g/mol. The van der Waals surface area contributed by atoms with Crippen molar-refractivity contribution in [3.63, 3.8) is 0 Å². The maximum absolute atomic E-state index is 6.45. The van der Waals surface area contributed by atoms with Crippen LogP contribution in [0.5, 0.6) is 5.75 Å². The van der Waals surface area contributed by atoms with Crippen LogP contribution in [0.3, 0.4) is 0 Å². The van der Waals surface area contributed by atoms with Gasteiger partial charge < -0.3 is 15.4 Å². The Morgan fingerprint density at radius 3 is 2.39 bits per heavy atom. The fourth-order valence-corrected chi connectivity index (χ4v) is 4.86. The van der Waals surface area contributed by atoms with E-state index in [2.05, 4.69) is 86.0 Å². The molecule has 33 heavy (non-hydrogen) atoms. The van der Waals surface area contributed by atoms with Crippen molar-refractivity contribution in [1.82, 2.24) is 4.90 Å². The predicted octanol–water partition coefficient (Wildman–Crippen LogP) is 5.96. The number of likely N-dealkylation sites (tertiary alicyclic amines) is 1. The summed E-state index contributed by atoms with van der Waals surface area (Å²) >= 11 is 0. The largest absolute Gasteiger partial charge is 0.489 e. The summed E-state index contributed by atoms with van der Waals surface area (Å²) in [5.41, 5.74) is 8.95. The number of nitrogens with two attached hydrogens (primary N) is 1. The Morgan fingerprint density at radius 1 is 1.00 bits per heavy atom. The van der Waals surface area contributed by atoms with Crippen molar-refractivity contribution in [3.05, 3.63) is 60.2 Å². The van der Waals surface area contributed by atoms with Crippen LogP contribution in [0.1, 0.15) is 58.9 Å². The third kappa shape index (κ3) is 8.68. The van der Waals surface area contributed by atoms with Crippen LogP contribution in [0.15, 0.2) is 54.6 Å². The van der Waals surface area contributed by atoms with E-state index in [1.165, 1.54) is 37.1 Å². The standard InChI is InChI=1S/C29H45N3O/c1-23(2)16-18-32(28-11-8-17-31(21-28)20-26(30)19-24(3)4)27-12-14-29(15-13-27)33-22-25-9-6-5-7-10-25/h5-7,9-10,12-15,23-24,26,28H,8,11,16-22,30H2,1-4H3/t26?,28-/m0/s1. The molecule has 0 bridgehead atoms. The maximum Gasteiger partial charge on any atom is 0.119 e. The van der Waals surface area contributed by atoms with Crippen LogP contribution in [0, 0.1) is 11.8 Å². The summed E-state index contributed by atoms with van der Waals surface area (Å²) in [5.74, 6) is 2.28. The number of nitrogens with zero attached hydrogens (tertiary/aromatic N) is 2. The van der Waals surface area contributed by atoms with Gasteiger partial charge in [-0.2, -0.15) is 0 Å². The second-order valence-electron chi connectivity index (χ2n) is 10.6. The zero-order valence-corrected chi connectivity index (χ0v) is 21.2. The van der Waals surface area contributed by atoms with Crippen LogP contribution < -0.4 is 15.4 Å². The van der Waals surface area contributed by atoms with Crippen molar-refractivity contribution in [2.75, 3.05) is 31.1 Å². The molecule has 0 amide bonds. The van der Waals surface area contributed by atoms with Crippen molar-refractivity contribution in [3.8, 4) is 5.75 Å². The van der Waals surface area contributed by atoms with Crippen molar-refractivity contribution in [2.24, 2.45) is 17.6 Å².